The van der Waals surface area contributed by atoms with Crippen molar-refractivity contribution in [2.45, 2.75) is 26.7 Å². The van der Waals surface area contributed by atoms with Crippen molar-refractivity contribution < 1.29 is 28.8 Å². The molecule has 2 amide bonds. The van der Waals surface area contributed by atoms with Gasteiger partial charge in [0.15, 0.2) is 0 Å². The lowest BCUT2D eigenvalue weighted by molar-refractivity contribution is -0.165. The Labute approximate surface area is 126 Å². The van der Waals surface area contributed by atoms with E-state index in [0.717, 1.165) is 19.8 Å². The average molecular weight is 305 g/mol. The summed E-state index contributed by atoms with van der Waals surface area (Å²) >= 11 is 0. The molecule has 7 heteroatoms. The van der Waals surface area contributed by atoms with E-state index in [1.165, 1.54) is 18.2 Å². The van der Waals surface area contributed by atoms with Crippen molar-refractivity contribution in [1.82, 2.24) is 5.06 Å². The van der Waals surface area contributed by atoms with Crippen molar-refractivity contribution in [2.24, 2.45) is 0 Å². The molecule has 0 aliphatic carbocycles. The van der Waals surface area contributed by atoms with Crippen LogP contribution in [0.3, 0.4) is 0 Å². The highest BCUT2D eigenvalue weighted by molar-refractivity contribution is 6.21. The Morgan fingerprint density at radius 2 is 1.82 bits per heavy atom. The molecule has 1 aromatic carbocycles. The monoisotopic (exact) mass is 305 g/mol. The molecule has 1 aliphatic rings. The van der Waals surface area contributed by atoms with Crippen LogP contribution >= 0.6 is 0 Å². The highest BCUT2D eigenvalue weighted by Gasteiger charge is 2.39. The largest absolute Gasteiger partial charge is 0.462 e. The second-order valence-electron chi connectivity index (χ2n) is 4.74. The number of imide groups is 1. The number of hydroxylamine groups is 2. The minimum absolute atomic E-state index is 0.0104. The Kier molecular flexibility index (Phi) is 4.55. The number of fused-ring (bicyclic) bond motifs is 1. The Morgan fingerprint density at radius 3 is 2.45 bits per heavy atom. The smallest absolute Gasteiger partial charge is 0.338 e. The van der Waals surface area contributed by atoms with E-state index in [1.807, 2.05) is 6.92 Å². The maximum absolute atomic E-state index is 12.1. The van der Waals surface area contributed by atoms with Crippen molar-refractivity contribution in [3.8, 4) is 0 Å². The van der Waals surface area contributed by atoms with Gasteiger partial charge in [-0.3, -0.25) is 9.59 Å². The van der Waals surface area contributed by atoms with Crippen LogP contribution in [0.4, 0.5) is 0 Å². The zero-order chi connectivity index (χ0) is 16.3. The van der Waals surface area contributed by atoms with E-state index in [2.05, 4.69) is 4.84 Å². The van der Waals surface area contributed by atoms with Crippen LogP contribution in [0.2, 0.25) is 0 Å². The third-order valence-electron chi connectivity index (χ3n) is 3.04. The van der Waals surface area contributed by atoms with Gasteiger partial charge >= 0.3 is 11.9 Å². The molecule has 0 aromatic heterocycles. The molecular weight excluding hydrogens is 290 g/mol. The molecule has 0 fully saturated rings. The number of hydrogen-bond acceptors (Lipinski definition) is 6. The lowest BCUT2D eigenvalue weighted by atomic mass is 10.1. The summed E-state index contributed by atoms with van der Waals surface area (Å²) in [4.78, 5) is 51.3. The number of hydrogen-bond donors (Lipinski definition) is 0. The zero-order valence-electron chi connectivity index (χ0n) is 12.3. The third-order valence-corrected chi connectivity index (χ3v) is 3.04. The maximum Gasteiger partial charge on any atom is 0.338 e. The van der Waals surface area contributed by atoms with E-state index < -0.39 is 23.8 Å². The van der Waals surface area contributed by atoms with Gasteiger partial charge in [0.2, 0.25) is 0 Å². The Balaban J connectivity index is 2.21. The van der Waals surface area contributed by atoms with Gasteiger partial charge in [0.1, 0.15) is 0 Å². The van der Waals surface area contributed by atoms with Crippen LogP contribution in [0.25, 0.3) is 0 Å². The lowest BCUT2D eigenvalue weighted by Gasteiger charge is -2.10. The van der Waals surface area contributed by atoms with Gasteiger partial charge in [0.25, 0.3) is 11.8 Å². The first-order chi connectivity index (χ1) is 10.5. The second kappa shape index (κ2) is 6.38. The number of esters is 1. The number of nitrogens with zero attached hydrogens (tertiary/aromatic N) is 1. The van der Waals surface area contributed by atoms with Gasteiger partial charge in [-0.15, -0.1) is 0 Å². The molecular formula is C15H15NO6. The van der Waals surface area contributed by atoms with Gasteiger partial charge in [-0.2, -0.15) is 0 Å². The summed E-state index contributed by atoms with van der Waals surface area (Å²) in [6, 6.07) is 4.01. The molecule has 7 nitrogen and oxygen atoms in total. The summed E-state index contributed by atoms with van der Waals surface area (Å²) < 4.78 is 5.05. The van der Waals surface area contributed by atoms with Gasteiger partial charge < -0.3 is 9.57 Å². The predicted octanol–water partition coefficient (Wildman–Crippen LogP) is 1.72. The number of amides is 2. The molecule has 0 N–H and O–H groups in total. The number of rotatable bonds is 5. The average Bonchev–Trinajstić information content (AvgIpc) is 2.72. The minimum Gasteiger partial charge on any atom is -0.462 e. The first-order valence-electron chi connectivity index (χ1n) is 6.84. The molecule has 0 bridgehead atoms. The van der Waals surface area contributed by atoms with Crippen molar-refractivity contribution in [2.75, 3.05) is 6.61 Å². The normalized spacial score (nSPS) is 13.1. The highest BCUT2D eigenvalue weighted by atomic mass is 16.7. The Morgan fingerprint density at radius 1 is 1.14 bits per heavy atom. The van der Waals surface area contributed by atoms with E-state index in [4.69, 9.17) is 4.74 Å². The summed E-state index contributed by atoms with van der Waals surface area (Å²) in [7, 11) is 0. The van der Waals surface area contributed by atoms with Crippen LogP contribution < -0.4 is 0 Å². The highest BCUT2D eigenvalue weighted by Crippen LogP contribution is 2.24. The van der Waals surface area contributed by atoms with Gasteiger partial charge in [-0.1, -0.05) is 18.4 Å². The second-order valence-corrected chi connectivity index (χ2v) is 4.74. The third kappa shape index (κ3) is 2.98. The van der Waals surface area contributed by atoms with Crippen molar-refractivity contribution in [1.29, 1.82) is 0 Å². The van der Waals surface area contributed by atoms with Gasteiger partial charge in [-0.25, -0.2) is 9.59 Å². The van der Waals surface area contributed by atoms with E-state index in [1.54, 1.807) is 0 Å². The number of ether oxygens (including phenoxy) is 1. The summed E-state index contributed by atoms with van der Waals surface area (Å²) in [5, 5.41) is 0.388. The number of unbranched alkanes of at least 4 members (excludes halogenated alkanes) is 1. The molecule has 0 spiro atoms. The first kappa shape index (κ1) is 15.7. The molecule has 116 valence electrons. The van der Waals surface area contributed by atoms with Gasteiger partial charge in [0, 0.05) is 6.92 Å². The number of benzene rings is 1. The molecule has 0 atom stereocenters. The van der Waals surface area contributed by atoms with Crippen LogP contribution in [0.15, 0.2) is 18.2 Å². The van der Waals surface area contributed by atoms with E-state index in [0.29, 0.717) is 11.7 Å². The molecule has 1 aromatic rings. The van der Waals surface area contributed by atoms with E-state index in [-0.39, 0.29) is 16.7 Å². The first-order valence-corrected chi connectivity index (χ1v) is 6.84. The SMILES string of the molecule is CCCCOC(=O)c1ccc2c(c1)C(=O)N(OC(C)=O)C2=O. The molecule has 0 saturated heterocycles. The number of carbonyl (C=O) groups is 4. The fourth-order valence-corrected chi connectivity index (χ4v) is 1.95. The minimum atomic E-state index is -0.784. The van der Waals surface area contributed by atoms with Crippen molar-refractivity contribution in [3.05, 3.63) is 34.9 Å². The molecule has 2 rings (SSSR count). The van der Waals surface area contributed by atoms with Crippen molar-refractivity contribution in [3.63, 3.8) is 0 Å². The Bertz CT molecular complexity index is 651. The number of carbonyl (C=O) groups excluding carboxylic acids is 4. The lowest BCUT2D eigenvalue weighted by Crippen LogP contribution is -2.31. The maximum atomic E-state index is 12.1. The van der Waals surface area contributed by atoms with E-state index >= 15 is 0 Å². The molecule has 0 radical (unpaired) electrons. The quantitative estimate of drug-likeness (QED) is 0.467. The summed E-state index contributed by atoms with van der Waals surface area (Å²) in [5.41, 5.74) is 0.258. The summed E-state index contributed by atoms with van der Waals surface area (Å²) in [6.07, 6.45) is 1.64. The molecule has 0 unspecified atom stereocenters. The van der Waals surface area contributed by atoms with Crippen LogP contribution in [-0.4, -0.2) is 35.4 Å². The molecule has 0 saturated carbocycles. The summed E-state index contributed by atoms with van der Waals surface area (Å²) in [5.74, 6) is -2.87. The topological polar surface area (TPSA) is 90.0 Å². The molecule has 22 heavy (non-hydrogen) atoms. The zero-order valence-corrected chi connectivity index (χ0v) is 12.3. The van der Waals surface area contributed by atoms with Gasteiger partial charge in [0.05, 0.1) is 23.3 Å². The molecule has 1 heterocycles. The van der Waals surface area contributed by atoms with Crippen LogP contribution in [0, 0.1) is 0 Å². The van der Waals surface area contributed by atoms with Gasteiger partial charge in [-0.05, 0) is 24.6 Å². The predicted molar refractivity (Wildman–Crippen MR) is 73.9 cm³/mol. The molecule has 1 aliphatic heterocycles. The Hall–Kier alpha value is -2.70. The fraction of sp³-hybridized carbons (Fsp3) is 0.333. The standard InChI is InChI=1S/C15H15NO6/c1-3-4-7-21-15(20)10-5-6-11-12(8-10)14(19)16(13(11)18)22-9(2)17/h5-6,8H,3-4,7H2,1-2H3. The summed E-state index contributed by atoms with van der Waals surface area (Å²) in [6.45, 7) is 3.34. The van der Waals surface area contributed by atoms with Crippen molar-refractivity contribution >= 4 is 23.8 Å². The van der Waals surface area contributed by atoms with Crippen LogP contribution in [0.5, 0.6) is 0 Å². The van der Waals surface area contributed by atoms with E-state index in [9.17, 15) is 19.2 Å². The fourth-order valence-electron chi connectivity index (χ4n) is 1.95. The van der Waals surface area contributed by atoms with Crippen LogP contribution in [0.1, 0.15) is 57.8 Å². The van der Waals surface area contributed by atoms with Crippen LogP contribution in [-0.2, 0) is 14.4 Å².